The van der Waals surface area contributed by atoms with E-state index in [4.69, 9.17) is 4.98 Å². The van der Waals surface area contributed by atoms with Crippen LogP contribution in [0, 0.1) is 17.8 Å². The number of aromatic amines is 1. The SMILES string of the molecule is CC(C)Cc1cc(=O)[nH]c(C2CCC(C(C)C)CC2)n1. The summed E-state index contributed by atoms with van der Waals surface area (Å²) in [5.41, 5.74) is 0.960. The minimum absolute atomic E-state index is 0.0108. The molecule has 1 aliphatic rings. The van der Waals surface area contributed by atoms with Gasteiger partial charge in [0.05, 0.1) is 0 Å². The van der Waals surface area contributed by atoms with Crippen LogP contribution in [0.2, 0.25) is 0 Å². The van der Waals surface area contributed by atoms with Gasteiger partial charge in [0.15, 0.2) is 0 Å². The van der Waals surface area contributed by atoms with Crippen LogP contribution in [0.15, 0.2) is 10.9 Å². The number of aromatic nitrogens is 2. The highest BCUT2D eigenvalue weighted by atomic mass is 16.1. The summed E-state index contributed by atoms with van der Waals surface area (Å²) in [4.78, 5) is 19.5. The maximum atomic E-state index is 11.8. The summed E-state index contributed by atoms with van der Waals surface area (Å²) in [5.74, 6) is 3.53. The van der Waals surface area contributed by atoms with E-state index in [1.54, 1.807) is 6.07 Å². The van der Waals surface area contributed by atoms with Crippen LogP contribution in [0.25, 0.3) is 0 Å². The summed E-state index contributed by atoms with van der Waals surface area (Å²) in [6.45, 7) is 8.95. The van der Waals surface area contributed by atoms with E-state index in [-0.39, 0.29) is 5.56 Å². The Bertz CT molecular complexity index is 482. The number of nitrogens with zero attached hydrogens (tertiary/aromatic N) is 1. The van der Waals surface area contributed by atoms with Gasteiger partial charge in [-0.05, 0) is 49.9 Å². The lowest BCUT2D eigenvalue weighted by Gasteiger charge is -2.30. The predicted molar refractivity (Wildman–Crippen MR) is 82.9 cm³/mol. The van der Waals surface area contributed by atoms with Gasteiger partial charge >= 0.3 is 0 Å². The molecular formula is C17H28N2O. The zero-order chi connectivity index (χ0) is 14.7. The molecule has 1 aromatic rings. The lowest BCUT2D eigenvalue weighted by atomic mass is 9.76. The molecule has 1 heterocycles. The summed E-state index contributed by atoms with van der Waals surface area (Å²) in [7, 11) is 0. The van der Waals surface area contributed by atoms with Crippen LogP contribution in [0.5, 0.6) is 0 Å². The molecule has 112 valence electrons. The first-order chi connectivity index (χ1) is 9.45. The van der Waals surface area contributed by atoms with Crippen molar-refractivity contribution in [3.05, 3.63) is 27.9 Å². The molecule has 0 unspecified atom stereocenters. The summed E-state index contributed by atoms with van der Waals surface area (Å²) in [5, 5.41) is 0. The largest absolute Gasteiger partial charge is 0.310 e. The average Bonchev–Trinajstić information content (AvgIpc) is 2.37. The summed E-state index contributed by atoms with van der Waals surface area (Å²) < 4.78 is 0. The third kappa shape index (κ3) is 3.94. The molecule has 1 N–H and O–H groups in total. The van der Waals surface area contributed by atoms with Crippen LogP contribution in [0.3, 0.4) is 0 Å². The number of hydrogen-bond acceptors (Lipinski definition) is 2. The van der Waals surface area contributed by atoms with E-state index >= 15 is 0 Å². The van der Waals surface area contributed by atoms with Gasteiger partial charge in [0.1, 0.15) is 5.82 Å². The van der Waals surface area contributed by atoms with Crippen LogP contribution in [-0.2, 0) is 6.42 Å². The van der Waals surface area contributed by atoms with Gasteiger partial charge in [-0.2, -0.15) is 0 Å². The Kier molecular flexibility index (Phi) is 5.00. The monoisotopic (exact) mass is 276 g/mol. The third-order valence-corrected chi connectivity index (χ3v) is 4.53. The molecule has 1 saturated carbocycles. The van der Waals surface area contributed by atoms with Gasteiger partial charge in [-0.3, -0.25) is 4.79 Å². The van der Waals surface area contributed by atoms with E-state index in [1.807, 2.05) is 0 Å². The highest BCUT2D eigenvalue weighted by Gasteiger charge is 2.25. The molecule has 0 radical (unpaired) electrons. The predicted octanol–water partition coefficient (Wildman–Crippen LogP) is 3.90. The van der Waals surface area contributed by atoms with E-state index in [0.717, 1.165) is 42.6 Å². The van der Waals surface area contributed by atoms with Gasteiger partial charge < -0.3 is 4.98 Å². The smallest absolute Gasteiger partial charge is 0.251 e. The quantitative estimate of drug-likeness (QED) is 0.906. The normalized spacial score (nSPS) is 23.5. The van der Waals surface area contributed by atoms with Crippen molar-refractivity contribution in [2.45, 2.75) is 65.7 Å². The first-order valence-corrected chi connectivity index (χ1v) is 8.05. The van der Waals surface area contributed by atoms with Crippen LogP contribution >= 0.6 is 0 Å². The van der Waals surface area contributed by atoms with Gasteiger partial charge in [-0.1, -0.05) is 27.7 Å². The second kappa shape index (κ2) is 6.55. The van der Waals surface area contributed by atoms with E-state index in [0.29, 0.717) is 11.8 Å². The van der Waals surface area contributed by atoms with Crippen LogP contribution in [0.4, 0.5) is 0 Å². The minimum atomic E-state index is 0.0108. The van der Waals surface area contributed by atoms with E-state index in [9.17, 15) is 4.79 Å². The number of rotatable bonds is 4. The van der Waals surface area contributed by atoms with Crippen molar-refractivity contribution in [1.82, 2.24) is 9.97 Å². The average molecular weight is 276 g/mol. The van der Waals surface area contributed by atoms with Crippen molar-refractivity contribution in [1.29, 1.82) is 0 Å². The molecule has 3 nitrogen and oxygen atoms in total. The van der Waals surface area contributed by atoms with Crippen molar-refractivity contribution in [2.24, 2.45) is 17.8 Å². The Morgan fingerprint density at radius 1 is 1.20 bits per heavy atom. The zero-order valence-corrected chi connectivity index (χ0v) is 13.3. The molecule has 3 heteroatoms. The fourth-order valence-corrected chi connectivity index (χ4v) is 3.30. The molecule has 1 fully saturated rings. The lowest BCUT2D eigenvalue weighted by Crippen LogP contribution is -2.22. The van der Waals surface area contributed by atoms with Crippen molar-refractivity contribution in [3.8, 4) is 0 Å². The van der Waals surface area contributed by atoms with Gasteiger partial charge in [0.25, 0.3) is 5.56 Å². The maximum Gasteiger partial charge on any atom is 0.251 e. The van der Waals surface area contributed by atoms with Crippen molar-refractivity contribution < 1.29 is 0 Å². The molecule has 0 aromatic carbocycles. The zero-order valence-electron chi connectivity index (χ0n) is 13.3. The van der Waals surface area contributed by atoms with Gasteiger partial charge in [0, 0.05) is 17.7 Å². The fraction of sp³-hybridized carbons (Fsp3) is 0.765. The highest BCUT2D eigenvalue weighted by Crippen LogP contribution is 2.37. The fourth-order valence-electron chi connectivity index (χ4n) is 3.30. The molecule has 0 amide bonds. The topological polar surface area (TPSA) is 45.8 Å². The molecule has 0 spiro atoms. The van der Waals surface area contributed by atoms with Crippen molar-refractivity contribution >= 4 is 0 Å². The summed E-state index contributed by atoms with van der Waals surface area (Å²) >= 11 is 0. The summed E-state index contributed by atoms with van der Waals surface area (Å²) in [6.07, 6.45) is 5.74. The standard InChI is InChI=1S/C17H28N2O/c1-11(2)9-15-10-16(20)19-17(18-15)14-7-5-13(6-8-14)12(3)4/h10-14H,5-9H2,1-4H3,(H,18,19,20). The van der Waals surface area contributed by atoms with E-state index in [2.05, 4.69) is 32.7 Å². The molecular weight excluding hydrogens is 248 g/mol. The van der Waals surface area contributed by atoms with Crippen LogP contribution in [-0.4, -0.2) is 9.97 Å². The lowest BCUT2D eigenvalue weighted by molar-refractivity contribution is 0.254. The second-order valence-corrected chi connectivity index (χ2v) is 7.08. The highest BCUT2D eigenvalue weighted by molar-refractivity contribution is 5.07. The third-order valence-electron chi connectivity index (χ3n) is 4.53. The Morgan fingerprint density at radius 2 is 1.85 bits per heavy atom. The number of H-pyrrole nitrogens is 1. The Morgan fingerprint density at radius 3 is 2.40 bits per heavy atom. The van der Waals surface area contributed by atoms with Crippen molar-refractivity contribution in [3.63, 3.8) is 0 Å². The Balaban J connectivity index is 2.09. The molecule has 0 saturated heterocycles. The van der Waals surface area contributed by atoms with Crippen LogP contribution in [0.1, 0.15) is 70.8 Å². The number of hydrogen-bond donors (Lipinski definition) is 1. The molecule has 1 aromatic heterocycles. The Hall–Kier alpha value is -1.12. The molecule has 0 atom stereocenters. The van der Waals surface area contributed by atoms with Gasteiger partial charge in [-0.25, -0.2) is 4.98 Å². The summed E-state index contributed by atoms with van der Waals surface area (Å²) in [6, 6.07) is 1.66. The minimum Gasteiger partial charge on any atom is -0.310 e. The van der Waals surface area contributed by atoms with Gasteiger partial charge in [0.2, 0.25) is 0 Å². The molecule has 1 aliphatic carbocycles. The Labute approximate surface area is 122 Å². The van der Waals surface area contributed by atoms with Crippen molar-refractivity contribution in [2.75, 3.05) is 0 Å². The first kappa shape index (κ1) is 15.3. The molecule has 0 bridgehead atoms. The molecule has 0 aliphatic heterocycles. The molecule has 20 heavy (non-hydrogen) atoms. The van der Waals surface area contributed by atoms with Crippen LogP contribution < -0.4 is 5.56 Å². The van der Waals surface area contributed by atoms with E-state index < -0.39 is 0 Å². The van der Waals surface area contributed by atoms with Gasteiger partial charge in [-0.15, -0.1) is 0 Å². The maximum absolute atomic E-state index is 11.8. The van der Waals surface area contributed by atoms with E-state index in [1.165, 1.54) is 12.8 Å². The number of nitrogens with one attached hydrogen (secondary N) is 1. The second-order valence-electron chi connectivity index (χ2n) is 7.08. The molecule has 2 rings (SSSR count). The first-order valence-electron chi connectivity index (χ1n) is 8.05.